The van der Waals surface area contributed by atoms with Crippen LogP contribution in [0.15, 0.2) is 78.2 Å². The normalized spacial score (nSPS) is 15.9. The van der Waals surface area contributed by atoms with Crippen molar-refractivity contribution >= 4 is 52.0 Å². The predicted molar refractivity (Wildman–Crippen MR) is 162 cm³/mol. The number of thioether (sulfide) groups is 1. The minimum atomic E-state index is -0.234. The first-order valence-electron chi connectivity index (χ1n) is 12.3. The lowest BCUT2D eigenvalue weighted by molar-refractivity contribution is -0.116. The van der Waals surface area contributed by atoms with Crippen molar-refractivity contribution in [3.8, 4) is 11.5 Å². The number of allylic oxidation sites excluding steroid dienone is 1. The Balaban J connectivity index is 1.55. The number of hydrogen-bond donors (Lipinski definition) is 2. The van der Waals surface area contributed by atoms with Crippen molar-refractivity contribution in [2.75, 3.05) is 11.9 Å². The largest absolute Gasteiger partial charge is 0.490 e. The fourth-order valence-corrected chi connectivity index (χ4v) is 5.29. The van der Waals surface area contributed by atoms with Gasteiger partial charge < -0.3 is 20.1 Å². The maximum absolute atomic E-state index is 12.7. The molecule has 0 unspecified atom stereocenters. The fraction of sp³-hybridized carbons (Fsp3) is 0.233. The van der Waals surface area contributed by atoms with E-state index >= 15 is 0 Å². The number of benzene rings is 3. The lowest BCUT2D eigenvalue weighted by Crippen LogP contribution is -2.30. The molecular weight excluding hydrogens is 595 g/mol. The smallest absolute Gasteiger partial charge is 0.260 e. The second kappa shape index (κ2) is 13.1. The SMILES string of the molecule is C=CCc1cc(/C=C2\S[C@@H](Nc3ccc(CC)cc3)NC2=O)cc(OCC)c1OCc1ccc(I)cc1. The van der Waals surface area contributed by atoms with Crippen LogP contribution in [0.1, 0.15) is 36.1 Å². The van der Waals surface area contributed by atoms with E-state index in [0.717, 1.165) is 28.8 Å². The fourth-order valence-electron chi connectivity index (χ4n) is 3.94. The average Bonchev–Trinajstić information content (AvgIpc) is 3.23. The van der Waals surface area contributed by atoms with Crippen molar-refractivity contribution in [1.29, 1.82) is 0 Å². The zero-order valence-electron chi connectivity index (χ0n) is 21.1. The van der Waals surface area contributed by atoms with Crippen LogP contribution in [0.25, 0.3) is 6.08 Å². The summed E-state index contributed by atoms with van der Waals surface area (Å²) >= 11 is 3.76. The Hall–Kier alpha value is -2.91. The van der Waals surface area contributed by atoms with Crippen LogP contribution in [0.2, 0.25) is 0 Å². The highest BCUT2D eigenvalue weighted by molar-refractivity contribution is 14.1. The van der Waals surface area contributed by atoms with Gasteiger partial charge in [0, 0.05) is 14.8 Å². The van der Waals surface area contributed by atoms with E-state index in [1.165, 1.54) is 20.9 Å². The van der Waals surface area contributed by atoms with Gasteiger partial charge in [-0.05, 0) is 102 Å². The number of halogens is 1. The molecule has 1 aliphatic heterocycles. The molecule has 4 rings (SSSR count). The predicted octanol–water partition coefficient (Wildman–Crippen LogP) is 7.16. The summed E-state index contributed by atoms with van der Waals surface area (Å²) in [5.41, 5.74) is 4.95. The second-order valence-electron chi connectivity index (χ2n) is 8.52. The van der Waals surface area contributed by atoms with Crippen LogP contribution < -0.4 is 20.1 Å². The zero-order valence-corrected chi connectivity index (χ0v) is 24.0. The number of aryl methyl sites for hydroxylation is 1. The van der Waals surface area contributed by atoms with Crippen LogP contribution in [0, 0.1) is 3.57 Å². The third kappa shape index (κ3) is 7.32. The summed E-state index contributed by atoms with van der Waals surface area (Å²) in [6.07, 6.45) is 5.37. The summed E-state index contributed by atoms with van der Waals surface area (Å²) in [5.74, 6) is 1.27. The zero-order chi connectivity index (χ0) is 26.2. The highest BCUT2D eigenvalue weighted by Gasteiger charge is 2.27. The van der Waals surface area contributed by atoms with Crippen molar-refractivity contribution in [3.05, 3.63) is 104 Å². The van der Waals surface area contributed by atoms with Crippen LogP contribution in [0.4, 0.5) is 5.69 Å². The number of ether oxygens (including phenoxy) is 2. The number of rotatable bonds is 11. The van der Waals surface area contributed by atoms with Crippen molar-refractivity contribution in [3.63, 3.8) is 0 Å². The van der Waals surface area contributed by atoms with Gasteiger partial charge in [-0.1, -0.05) is 49.0 Å². The van der Waals surface area contributed by atoms with E-state index in [1.54, 1.807) is 0 Å². The number of nitrogens with one attached hydrogen (secondary N) is 2. The minimum absolute atomic E-state index is 0.102. The Labute approximate surface area is 236 Å². The van der Waals surface area contributed by atoms with Gasteiger partial charge in [-0.2, -0.15) is 0 Å². The first-order valence-corrected chi connectivity index (χ1v) is 14.3. The van der Waals surface area contributed by atoms with E-state index in [9.17, 15) is 4.79 Å². The Morgan fingerprint density at radius 1 is 1.05 bits per heavy atom. The number of carbonyl (C=O) groups is 1. The first-order chi connectivity index (χ1) is 18.0. The second-order valence-corrected chi connectivity index (χ2v) is 10.9. The Morgan fingerprint density at radius 2 is 1.78 bits per heavy atom. The molecule has 7 heteroatoms. The van der Waals surface area contributed by atoms with E-state index in [-0.39, 0.29) is 11.4 Å². The van der Waals surface area contributed by atoms with Crippen LogP contribution >= 0.6 is 34.4 Å². The third-order valence-electron chi connectivity index (χ3n) is 5.80. The summed E-state index contributed by atoms with van der Waals surface area (Å²) in [6, 6.07) is 20.5. The lowest BCUT2D eigenvalue weighted by atomic mass is 10.0. The van der Waals surface area contributed by atoms with E-state index in [4.69, 9.17) is 9.47 Å². The molecule has 1 heterocycles. The van der Waals surface area contributed by atoms with Gasteiger partial charge in [0.15, 0.2) is 17.0 Å². The van der Waals surface area contributed by atoms with Crippen molar-refractivity contribution in [2.24, 2.45) is 0 Å². The van der Waals surface area contributed by atoms with Gasteiger partial charge >= 0.3 is 0 Å². The molecule has 3 aromatic rings. The molecule has 0 saturated carbocycles. The van der Waals surface area contributed by atoms with Crippen LogP contribution in [-0.4, -0.2) is 18.0 Å². The molecule has 0 aromatic heterocycles. The molecule has 1 aliphatic rings. The summed E-state index contributed by atoms with van der Waals surface area (Å²) in [6.45, 7) is 8.94. The first kappa shape index (κ1) is 27.1. The van der Waals surface area contributed by atoms with E-state index < -0.39 is 0 Å². The van der Waals surface area contributed by atoms with E-state index in [0.29, 0.717) is 36.0 Å². The van der Waals surface area contributed by atoms with Crippen LogP contribution in [0.3, 0.4) is 0 Å². The molecule has 0 radical (unpaired) electrons. The van der Waals surface area contributed by atoms with Crippen LogP contribution in [0.5, 0.6) is 11.5 Å². The molecule has 5 nitrogen and oxygen atoms in total. The summed E-state index contributed by atoms with van der Waals surface area (Å²) in [4.78, 5) is 13.4. The quantitative estimate of drug-likeness (QED) is 0.134. The number of anilines is 1. The molecular formula is C30H31IN2O3S. The molecule has 0 aliphatic carbocycles. The molecule has 3 aromatic carbocycles. The Morgan fingerprint density at radius 3 is 2.46 bits per heavy atom. The summed E-state index contributed by atoms with van der Waals surface area (Å²) in [7, 11) is 0. The third-order valence-corrected chi connectivity index (χ3v) is 7.55. The number of hydrogen-bond acceptors (Lipinski definition) is 5. The van der Waals surface area contributed by atoms with Gasteiger partial charge in [0.25, 0.3) is 5.91 Å². The van der Waals surface area contributed by atoms with Gasteiger partial charge in [-0.15, -0.1) is 6.58 Å². The molecule has 2 N–H and O–H groups in total. The lowest BCUT2D eigenvalue weighted by Gasteiger charge is -2.17. The maximum atomic E-state index is 12.7. The molecule has 1 amide bonds. The Bertz CT molecular complexity index is 1270. The molecule has 37 heavy (non-hydrogen) atoms. The Kier molecular flexibility index (Phi) is 9.57. The topological polar surface area (TPSA) is 59.6 Å². The molecule has 1 atom stereocenters. The van der Waals surface area contributed by atoms with Gasteiger partial charge in [0.2, 0.25) is 0 Å². The van der Waals surface area contributed by atoms with Gasteiger partial charge in [0.05, 0.1) is 11.5 Å². The molecule has 1 fully saturated rings. The van der Waals surface area contributed by atoms with Crippen LogP contribution in [-0.2, 0) is 24.2 Å². The van der Waals surface area contributed by atoms with Gasteiger partial charge in [-0.3, -0.25) is 4.79 Å². The average molecular weight is 627 g/mol. The van der Waals surface area contributed by atoms with Crippen molar-refractivity contribution in [1.82, 2.24) is 5.32 Å². The number of carbonyl (C=O) groups excluding carboxylic acids is 1. The minimum Gasteiger partial charge on any atom is -0.490 e. The monoisotopic (exact) mass is 626 g/mol. The molecule has 0 spiro atoms. The van der Waals surface area contributed by atoms with Gasteiger partial charge in [-0.25, -0.2) is 0 Å². The van der Waals surface area contributed by atoms with E-state index in [1.807, 2.05) is 43.3 Å². The van der Waals surface area contributed by atoms with Gasteiger partial charge in [0.1, 0.15) is 6.61 Å². The summed E-state index contributed by atoms with van der Waals surface area (Å²) < 4.78 is 13.4. The molecule has 192 valence electrons. The maximum Gasteiger partial charge on any atom is 0.260 e. The molecule has 1 saturated heterocycles. The standard InChI is InChI=1S/C30H31IN2O3S/c1-4-7-23-16-22(17-26(35-6-3)28(23)36-19-21-8-12-24(31)13-9-21)18-27-29(34)33-30(37-27)32-25-14-10-20(5-2)11-15-25/h4,8-18,30,32H,1,5-7,19H2,2-3H3,(H,33,34)/b27-18-/t30-/m0/s1. The van der Waals surface area contributed by atoms with E-state index in [2.05, 4.69) is 83.1 Å². The van der Waals surface area contributed by atoms with Crippen molar-refractivity contribution in [2.45, 2.75) is 38.8 Å². The highest BCUT2D eigenvalue weighted by atomic mass is 127. The summed E-state index contributed by atoms with van der Waals surface area (Å²) in [5, 5.41) is 6.38. The van der Waals surface area contributed by atoms with Crippen molar-refractivity contribution < 1.29 is 14.3 Å². The molecule has 0 bridgehead atoms. The number of amides is 1. The highest BCUT2D eigenvalue weighted by Crippen LogP contribution is 2.37.